The first-order valence-electron chi connectivity index (χ1n) is 42.5. The molecule has 0 aromatic rings. The first-order chi connectivity index (χ1) is 48.9. The van der Waals surface area contributed by atoms with Crippen molar-refractivity contribution in [3.63, 3.8) is 0 Å². The molecule has 17 nitrogen and oxygen atoms in total. The number of aliphatic hydroxyl groups is 1. The van der Waals surface area contributed by atoms with E-state index in [4.69, 9.17) is 37.0 Å². The van der Waals surface area contributed by atoms with Crippen molar-refractivity contribution in [1.82, 2.24) is 0 Å². The summed E-state index contributed by atoms with van der Waals surface area (Å²) in [4.78, 5) is 73.0. The molecule has 600 valence electrons. The van der Waals surface area contributed by atoms with E-state index in [2.05, 4.69) is 41.5 Å². The minimum Gasteiger partial charge on any atom is -0.462 e. The maximum atomic E-state index is 13.1. The van der Waals surface area contributed by atoms with Gasteiger partial charge in [-0.2, -0.15) is 0 Å². The fraction of sp³-hybridized carbons (Fsp3) is 0.951. The van der Waals surface area contributed by atoms with Gasteiger partial charge in [-0.05, 0) is 37.5 Å². The average Bonchev–Trinajstić information content (AvgIpc) is 0.937. The van der Waals surface area contributed by atoms with E-state index in [0.717, 1.165) is 102 Å². The Bertz CT molecular complexity index is 1940. The Morgan fingerprint density at radius 2 is 0.455 bits per heavy atom. The molecular weight excluding hydrogens is 1320 g/mol. The molecule has 0 aliphatic carbocycles. The molecule has 19 heteroatoms. The summed E-state index contributed by atoms with van der Waals surface area (Å²) in [5.74, 6) is -0.536. The van der Waals surface area contributed by atoms with E-state index in [0.29, 0.717) is 25.7 Å². The lowest BCUT2D eigenvalue weighted by Gasteiger charge is -2.21. The van der Waals surface area contributed by atoms with Crippen LogP contribution in [0.2, 0.25) is 0 Å². The van der Waals surface area contributed by atoms with E-state index >= 15 is 0 Å². The van der Waals surface area contributed by atoms with Gasteiger partial charge in [-0.25, -0.2) is 9.13 Å². The van der Waals surface area contributed by atoms with Crippen LogP contribution in [0.4, 0.5) is 0 Å². The number of carbonyl (C=O) groups excluding carboxylic acids is 4. The van der Waals surface area contributed by atoms with Crippen molar-refractivity contribution >= 4 is 39.5 Å². The minimum atomic E-state index is -4.96. The van der Waals surface area contributed by atoms with Crippen molar-refractivity contribution in [2.45, 2.75) is 452 Å². The van der Waals surface area contributed by atoms with Gasteiger partial charge in [0.1, 0.15) is 19.3 Å². The summed E-state index contributed by atoms with van der Waals surface area (Å²) in [5, 5.41) is 10.6. The van der Waals surface area contributed by atoms with E-state index in [9.17, 15) is 43.2 Å². The number of phosphoric ester groups is 2. The van der Waals surface area contributed by atoms with Gasteiger partial charge in [0, 0.05) is 25.7 Å². The second-order valence-electron chi connectivity index (χ2n) is 30.5. The van der Waals surface area contributed by atoms with Crippen molar-refractivity contribution in [2.24, 2.45) is 11.8 Å². The molecule has 0 bridgehead atoms. The summed E-state index contributed by atoms with van der Waals surface area (Å²) in [7, 11) is -9.92. The maximum Gasteiger partial charge on any atom is 0.472 e. The second kappa shape index (κ2) is 73.6. The maximum absolute atomic E-state index is 13.1. The largest absolute Gasteiger partial charge is 0.472 e. The van der Waals surface area contributed by atoms with E-state index in [1.807, 2.05) is 0 Å². The van der Waals surface area contributed by atoms with Gasteiger partial charge in [0.15, 0.2) is 12.2 Å². The van der Waals surface area contributed by atoms with Gasteiger partial charge in [-0.1, -0.05) is 382 Å². The van der Waals surface area contributed by atoms with Gasteiger partial charge in [-0.3, -0.25) is 37.3 Å². The standard InChI is InChI=1S/C82H160O17P2/c1-7-9-11-13-15-17-18-19-20-21-25-28-31-34-41-47-53-59-65-80(85)93-71-78(98-81(86)66-60-54-48-42-35-32-29-26-23-22-24-27-30-33-39-44-50-56-62-74(3)4)73-97-101(90,91)95-69-76(83)68-94-100(88,89)96-72-77(70-92-79(84)64-58-52-46-38-16-14-12-10-8-2)99-82(87)67-61-55-49-43-37-36-40-45-51-57-63-75(5)6/h74-78,83H,7-73H2,1-6H3,(H,88,89)(H,90,91)/t76-,77+,78+/m0/s1. The van der Waals surface area contributed by atoms with Crippen LogP contribution in [0.15, 0.2) is 0 Å². The highest BCUT2D eigenvalue weighted by atomic mass is 31.2. The fourth-order valence-corrected chi connectivity index (χ4v) is 14.3. The molecular formula is C82H160O17P2. The van der Waals surface area contributed by atoms with Gasteiger partial charge < -0.3 is 33.8 Å². The second-order valence-corrected chi connectivity index (χ2v) is 33.4. The molecule has 2 unspecified atom stereocenters. The summed E-state index contributed by atoms with van der Waals surface area (Å²) in [5.41, 5.74) is 0. The number of unbranched alkanes of at least 4 members (excludes halogenated alkanes) is 51. The van der Waals surface area contributed by atoms with E-state index < -0.39 is 97.5 Å². The first kappa shape index (κ1) is 99.1. The highest BCUT2D eigenvalue weighted by molar-refractivity contribution is 7.47. The Morgan fingerprint density at radius 1 is 0.267 bits per heavy atom. The van der Waals surface area contributed by atoms with Crippen molar-refractivity contribution in [2.75, 3.05) is 39.6 Å². The van der Waals surface area contributed by atoms with Crippen LogP contribution in [-0.2, 0) is 65.4 Å². The molecule has 0 heterocycles. The zero-order chi connectivity index (χ0) is 74.2. The Labute approximate surface area is 619 Å². The van der Waals surface area contributed by atoms with E-state index in [1.165, 1.54) is 250 Å². The van der Waals surface area contributed by atoms with Crippen LogP contribution in [-0.4, -0.2) is 96.7 Å². The van der Waals surface area contributed by atoms with Crippen molar-refractivity contribution in [1.29, 1.82) is 0 Å². The normalized spacial score (nSPS) is 13.9. The van der Waals surface area contributed by atoms with Gasteiger partial charge in [0.2, 0.25) is 0 Å². The molecule has 0 saturated heterocycles. The van der Waals surface area contributed by atoms with Crippen LogP contribution >= 0.6 is 15.6 Å². The molecule has 0 spiro atoms. The number of aliphatic hydroxyl groups excluding tert-OH is 1. The van der Waals surface area contributed by atoms with Crippen LogP contribution in [0, 0.1) is 11.8 Å². The summed E-state index contributed by atoms with van der Waals surface area (Å²) < 4.78 is 68.7. The third kappa shape index (κ3) is 76.1. The molecule has 0 rings (SSSR count). The molecule has 0 aromatic carbocycles. The number of rotatable bonds is 81. The lowest BCUT2D eigenvalue weighted by Crippen LogP contribution is -2.30. The van der Waals surface area contributed by atoms with Crippen molar-refractivity contribution in [3.8, 4) is 0 Å². The quantitative estimate of drug-likeness (QED) is 0.0222. The fourth-order valence-electron chi connectivity index (χ4n) is 12.7. The van der Waals surface area contributed by atoms with Crippen molar-refractivity contribution < 1.29 is 80.2 Å². The summed E-state index contributed by atoms with van der Waals surface area (Å²) in [6, 6.07) is 0. The Hall–Kier alpha value is -1.94. The number of phosphoric acid groups is 2. The van der Waals surface area contributed by atoms with Crippen molar-refractivity contribution in [3.05, 3.63) is 0 Å². The van der Waals surface area contributed by atoms with Crippen LogP contribution in [0.1, 0.15) is 433 Å². The number of hydrogen-bond donors (Lipinski definition) is 3. The number of carbonyl (C=O) groups is 4. The summed E-state index contributed by atoms with van der Waals surface area (Å²) >= 11 is 0. The lowest BCUT2D eigenvalue weighted by atomic mass is 10.0. The van der Waals surface area contributed by atoms with Gasteiger partial charge in [0.25, 0.3) is 0 Å². The van der Waals surface area contributed by atoms with Gasteiger partial charge in [-0.15, -0.1) is 0 Å². The van der Waals surface area contributed by atoms with Gasteiger partial charge >= 0.3 is 39.5 Å². The van der Waals surface area contributed by atoms with E-state index in [-0.39, 0.29) is 25.7 Å². The topological polar surface area (TPSA) is 237 Å². The molecule has 0 radical (unpaired) electrons. The molecule has 0 fully saturated rings. The predicted molar refractivity (Wildman–Crippen MR) is 414 cm³/mol. The average molecular weight is 1480 g/mol. The monoisotopic (exact) mass is 1480 g/mol. The molecule has 0 aliphatic rings. The Kier molecular flexibility index (Phi) is 72.2. The zero-order valence-corrected chi connectivity index (χ0v) is 68.0. The number of ether oxygens (including phenoxy) is 4. The third-order valence-corrected chi connectivity index (χ3v) is 21.1. The Morgan fingerprint density at radius 3 is 0.673 bits per heavy atom. The highest BCUT2D eigenvalue weighted by Crippen LogP contribution is 2.45. The predicted octanol–water partition coefficient (Wildman–Crippen LogP) is 24.7. The van der Waals surface area contributed by atoms with E-state index in [1.54, 1.807) is 0 Å². The van der Waals surface area contributed by atoms with Crippen LogP contribution in [0.5, 0.6) is 0 Å². The SMILES string of the molecule is CCCCCCCCCCCCCCCCCCCCC(=O)OC[C@H](COP(=O)(O)OC[C@@H](O)COP(=O)(O)OC[C@@H](COC(=O)CCCCCCCCCCC)OC(=O)CCCCCCCCCCCCC(C)C)OC(=O)CCCCCCCCCCCCCCCCCCCCC(C)C. The van der Waals surface area contributed by atoms with Crippen LogP contribution in [0.25, 0.3) is 0 Å². The molecule has 0 amide bonds. The third-order valence-electron chi connectivity index (χ3n) is 19.2. The number of esters is 4. The van der Waals surface area contributed by atoms with Gasteiger partial charge in [0.05, 0.1) is 26.4 Å². The smallest absolute Gasteiger partial charge is 0.462 e. The zero-order valence-electron chi connectivity index (χ0n) is 66.2. The first-order valence-corrected chi connectivity index (χ1v) is 45.5. The molecule has 3 N–H and O–H groups in total. The highest BCUT2D eigenvalue weighted by Gasteiger charge is 2.30. The molecule has 101 heavy (non-hydrogen) atoms. The molecule has 0 aromatic heterocycles. The molecule has 0 aliphatic heterocycles. The molecule has 5 atom stereocenters. The molecule has 0 saturated carbocycles. The van der Waals surface area contributed by atoms with Crippen LogP contribution in [0.3, 0.4) is 0 Å². The summed E-state index contributed by atoms with van der Waals surface area (Å²) in [6.45, 7) is 9.65. The van der Waals surface area contributed by atoms with Crippen LogP contribution < -0.4 is 0 Å². The Balaban J connectivity index is 5.20. The lowest BCUT2D eigenvalue weighted by molar-refractivity contribution is -0.161. The minimum absolute atomic E-state index is 0.106. The summed E-state index contributed by atoms with van der Waals surface area (Å²) in [6.07, 6.45) is 63.9. The number of hydrogen-bond acceptors (Lipinski definition) is 15.